The lowest BCUT2D eigenvalue weighted by molar-refractivity contribution is -0.145. The average Bonchev–Trinajstić information content (AvgIpc) is 3.34. The van der Waals surface area contributed by atoms with Crippen LogP contribution in [0.15, 0.2) is 36.4 Å². The standard InChI is InChI=1S/C29H38N4O4/c1-4-5-8-14-30-28(35)19-32(25-16-24-21(15-27(25)37-3)12-9-13-26(24)34)20-29(36)31(2)33-17-22-10-6-7-11-23(22)18-33/h6-7,10-11,15-16H,4-5,8-9,12-14,17-20H2,1-3H3,(H,30,35). The van der Waals surface area contributed by atoms with Gasteiger partial charge in [-0.3, -0.25) is 19.4 Å². The zero-order chi connectivity index (χ0) is 26.4. The lowest BCUT2D eigenvalue weighted by Crippen LogP contribution is -2.48. The SMILES string of the molecule is CCCCCNC(=O)CN(CC(=O)N(C)N1Cc2ccccc2C1)c1cc2c(cc1OC)CCCC2=O. The first kappa shape index (κ1) is 26.7. The lowest BCUT2D eigenvalue weighted by Gasteiger charge is -2.32. The first-order chi connectivity index (χ1) is 17.9. The monoisotopic (exact) mass is 506 g/mol. The summed E-state index contributed by atoms with van der Waals surface area (Å²) in [6.45, 7) is 4.01. The Balaban J connectivity index is 1.55. The smallest absolute Gasteiger partial charge is 0.256 e. The molecule has 8 heteroatoms. The van der Waals surface area contributed by atoms with E-state index in [0.29, 0.717) is 43.1 Å². The molecule has 8 nitrogen and oxygen atoms in total. The second-order valence-corrected chi connectivity index (χ2v) is 9.88. The van der Waals surface area contributed by atoms with Crippen LogP contribution in [0.5, 0.6) is 5.75 Å². The van der Waals surface area contributed by atoms with Gasteiger partial charge in [0.2, 0.25) is 5.91 Å². The number of unbranched alkanes of at least 4 members (excludes halogenated alkanes) is 2. The van der Waals surface area contributed by atoms with Gasteiger partial charge in [0.25, 0.3) is 5.91 Å². The predicted molar refractivity (Wildman–Crippen MR) is 143 cm³/mol. The first-order valence-electron chi connectivity index (χ1n) is 13.2. The number of rotatable bonds is 11. The molecule has 0 atom stereocenters. The number of hydrazine groups is 1. The van der Waals surface area contributed by atoms with E-state index in [1.54, 1.807) is 30.1 Å². The van der Waals surface area contributed by atoms with Crippen LogP contribution in [0.25, 0.3) is 0 Å². The van der Waals surface area contributed by atoms with Gasteiger partial charge in [0, 0.05) is 38.7 Å². The topological polar surface area (TPSA) is 82.2 Å². The quantitative estimate of drug-likeness (QED) is 0.468. The first-order valence-corrected chi connectivity index (χ1v) is 13.2. The van der Waals surface area contributed by atoms with Gasteiger partial charge in [-0.1, -0.05) is 44.0 Å². The molecule has 2 aliphatic rings. The molecule has 0 spiro atoms. The van der Waals surface area contributed by atoms with Crippen LogP contribution >= 0.6 is 0 Å². The van der Waals surface area contributed by atoms with Gasteiger partial charge in [0.1, 0.15) is 5.75 Å². The molecule has 1 heterocycles. The molecule has 0 saturated carbocycles. The second-order valence-electron chi connectivity index (χ2n) is 9.88. The number of Topliss-reactive ketones (excluding diaryl/α,β-unsaturated/α-hetero) is 1. The van der Waals surface area contributed by atoms with E-state index in [2.05, 4.69) is 24.4 Å². The van der Waals surface area contributed by atoms with Crippen LogP contribution in [-0.4, -0.2) is 61.4 Å². The Bertz CT molecular complexity index is 1120. The van der Waals surface area contributed by atoms with Crippen molar-refractivity contribution in [2.24, 2.45) is 0 Å². The number of carbonyl (C=O) groups is 3. The summed E-state index contributed by atoms with van der Waals surface area (Å²) >= 11 is 0. The number of ketones is 1. The summed E-state index contributed by atoms with van der Waals surface area (Å²) < 4.78 is 5.69. The van der Waals surface area contributed by atoms with Crippen molar-refractivity contribution in [2.75, 3.05) is 38.7 Å². The molecule has 0 fully saturated rings. The average molecular weight is 507 g/mol. The number of likely N-dealkylation sites (N-methyl/N-ethyl adjacent to an activating group) is 1. The van der Waals surface area contributed by atoms with E-state index in [-0.39, 0.29) is 30.7 Å². The number of nitrogens with zero attached hydrogens (tertiary/aromatic N) is 3. The maximum Gasteiger partial charge on any atom is 0.256 e. The third kappa shape index (κ3) is 6.31. The minimum atomic E-state index is -0.161. The number of hydrogen-bond donors (Lipinski definition) is 1. The van der Waals surface area contributed by atoms with Crippen LogP contribution in [0.4, 0.5) is 5.69 Å². The van der Waals surface area contributed by atoms with Gasteiger partial charge < -0.3 is 15.0 Å². The Labute approximate surface area is 219 Å². The zero-order valence-electron chi connectivity index (χ0n) is 22.2. The summed E-state index contributed by atoms with van der Waals surface area (Å²) in [7, 11) is 3.35. The molecule has 1 aliphatic carbocycles. The van der Waals surface area contributed by atoms with E-state index in [4.69, 9.17) is 4.74 Å². The number of nitrogens with one attached hydrogen (secondary N) is 1. The summed E-state index contributed by atoms with van der Waals surface area (Å²) in [5.74, 6) is 0.354. The van der Waals surface area contributed by atoms with Crippen LogP contribution < -0.4 is 15.0 Å². The minimum Gasteiger partial charge on any atom is -0.495 e. The van der Waals surface area contributed by atoms with E-state index < -0.39 is 0 Å². The van der Waals surface area contributed by atoms with Crippen molar-refractivity contribution in [1.29, 1.82) is 0 Å². The van der Waals surface area contributed by atoms with Crippen molar-refractivity contribution < 1.29 is 19.1 Å². The number of anilines is 1. The minimum absolute atomic E-state index is 0.00469. The molecule has 0 radical (unpaired) electrons. The van der Waals surface area contributed by atoms with Crippen molar-refractivity contribution in [3.05, 3.63) is 58.7 Å². The molecule has 2 aromatic carbocycles. The highest BCUT2D eigenvalue weighted by atomic mass is 16.5. The van der Waals surface area contributed by atoms with E-state index in [1.165, 1.54) is 11.1 Å². The van der Waals surface area contributed by atoms with Crippen LogP contribution in [0.3, 0.4) is 0 Å². The molecule has 198 valence electrons. The Hall–Kier alpha value is -3.39. The number of carbonyl (C=O) groups excluding carboxylic acids is 3. The number of aryl methyl sites for hydroxylation is 1. The van der Waals surface area contributed by atoms with E-state index in [1.807, 2.05) is 23.2 Å². The molecule has 2 aromatic rings. The fraction of sp³-hybridized carbons (Fsp3) is 0.483. The zero-order valence-corrected chi connectivity index (χ0v) is 22.2. The Morgan fingerprint density at radius 1 is 1.03 bits per heavy atom. The van der Waals surface area contributed by atoms with Crippen molar-refractivity contribution in [2.45, 2.75) is 58.5 Å². The molecule has 0 saturated heterocycles. The van der Waals surface area contributed by atoms with Crippen molar-refractivity contribution in [3.8, 4) is 5.75 Å². The molecular weight excluding hydrogens is 468 g/mol. The van der Waals surface area contributed by atoms with Crippen molar-refractivity contribution in [3.63, 3.8) is 0 Å². The predicted octanol–water partition coefficient (Wildman–Crippen LogP) is 3.72. The normalized spacial score (nSPS) is 14.6. The highest BCUT2D eigenvalue weighted by molar-refractivity contribution is 6.00. The summed E-state index contributed by atoms with van der Waals surface area (Å²) in [4.78, 5) is 40.8. The summed E-state index contributed by atoms with van der Waals surface area (Å²) in [6, 6.07) is 11.9. The Kier molecular flexibility index (Phi) is 8.82. The van der Waals surface area contributed by atoms with Gasteiger partial charge in [-0.25, -0.2) is 5.01 Å². The van der Waals surface area contributed by atoms with Crippen molar-refractivity contribution >= 4 is 23.3 Å². The number of methoxy groups -OCH3 is 1. The number of amides is 2. The lowest BCUT2D eigenvalue weighted by atomic mass is 9.90. The van der Waals surface area contributed by atoms with Crippen LogP contribution in [-0.2, 0) is 29.1 Å². The van der Waals surface area contributed by atoms with Gasteiger partial charge in [0.15, 0.2) is 5.78 Å². The molecule has 0 aromatic heterocycles. The third-order valence-electron chi connectivity index (χ3n) is 7.27. The maximum atomic E-state index is 13.5. The van der Waals surface area contributed by atoms with Gasteiger partial charge >= 0.3 is 0 Å². The van der Waals surface area contributed by atoms with Gasteiger partial charge in [-0.15, -0.1) is 0 Å². The fourth-order valence-corrected chi connectivity index (χ4v) is 5.07. The largest absolute Gasteiger partial charge is 0.495 e. The third-order valence-corrected chi connectivity index (χ3v) is 7.27. The van der Waals surface area contributed by atoms with Gasteiger partial charge in [-0.2, -0.15) is 0 Å². The summed E-state index contributed by atoms with van der Waals surface area (Å²) in [6.07, 6.45) is 5.17. The molecule has 4 rings (SSSR count). The van der Waals surface area contributed by atoms with Gasteiger partial charge in [0.05, 0.1) is 25.9 Å². The van der Waals surface area contributed by atoms with Crippen LogP contribution in [0, 0.1) is 0 Å². The second kappa shape index (κ2) is 12.2. The molecule has 2 amide bonds. The van der Waals surface area contributed by atoms with E-state index >= 15 is 0 Å². The van der Waals surface area contributed by atoms with Crippen LogP contribution in [0.1, 0.15) is 66.1 Å². The highest BCUT2D eigenvalue weighted by Gasteiger charge is 2.29. The molecular formula is C29H38N4O4. The fourth-order valence-electron chi connectivity index (χ4n) is 5.07. The summed E-state index contributed by atoms with van der Waals surface area (Å²) in [5, 5.41) is 6.62. The molecule has 0 unspecified atom stereocenters. The number of ether oxygens (including phenoxy) is 1. The molecule has 0 bridgehead atoms. The van der Waals surface area contributed by atoms with Crippen LogP contribution in [0.2, 0.25) is 0 Å². The van der Waals surface area contributed by atoms with E-state index in [0.717, 1.165) is 37.7 Å². The maximum absolute atomic E-state index is 13.5. The highest BCUT2D eigenvalue weighted by Crippen LogP contribution is 2.35. The summed E-state index contributed by atoms with van der Waals surface area (Å²) in [5.41, 5.74) is 4.62. The number of benzene rings is 2. The molecule has 37 heavy (non-hydrogen) atoms. The van der Waals surface area contributed by atoms with Gasteiger partial charge in [-0.05, 0) is 48.1 Å². The Morgan fingerprint density at radius 3 is 2.43 bits per heavy atom. The molecule has 1 aliphatic heterocycles. The number of fused-ring (bicyclic) bond motifs is 2. The van der Waals surface area contributed by atoms with E-state index in [9.17, 15) is 14.4 Å². The van der Waals surface area contributed by atoms with Crippen molar-refractivity contribution in [1.82, 2.24) is 15.3 Å². The molecule has 1 N–H and O–H groups in total. The number of hydrogen-bond acceptors (Lipinski definition) is 6. The Morgan fingerprint density at radius 2 is 1.76 bits per heavy atom.